The molecule has 0 bridgehead atoms. The zero-order valence-electron chi connectivity index (χ0n) is 12.9. The minimum Gasteiger partial charge on any atom is -0.347 e. The van der Waals surface area contributed by atoms with Gasteiger partial charge in [-0.3, -0.25) is 9.59 Å². The molecular weight excluding hydrogens is 348 g/mol. The first-order valence-corrected chi connectivity index (χ1v) is 9.67. The van der Waals surface area contributed by atoms with E-state index in [0.717, 1.165) is 12.3 Å². The van der Waals surface area contributed by atoms with Gasteiger partial charge in [0.25, 0.3) is 5.91 Å². The van der Waals surface area contributed by atoms with E-state index in [1.54, 1.807) is 29.6 Å². The second-order valence-corrected chi connectivity index (χ2v) is 7.89. The van der Waals surface area contributed by atoms with Crippen LogP contribution in [0.5, 0.6) is 0 Å². The lowest BCUT2D eigenvalue weighted by molar-refractivity contribution is -0.111. The zero-order valence-corrected chi connectivity index (χ0v) is 14.5. The number of sulfone groups is 1. The molecule has 0 radical (unpaired) electrons. The maximum Gasteiger partial charge on any atom is 0.253 e. The molecule has 0 aliphatic carbocycles. The molecule has 0 aliphatic rings. The number of thiophene rings is 1. The Kier molecular flexibility index (Phi) is 5.53. The summed E-state index contributed by atoms with van der Waals surface area (Å²) in [5, 5.41) is 6.90. The van der Waals surface area contributed by atoms with E-state index in [1.807, 2.05) is 0 Å². The molecular formula is C16H16N2O4S2. The fraction of sp³-hybridized carbons (Fsp3) is 0.125. The van der Waals surface area contributed by atoms with Crippen LogP contribution in [0, 0.1) is 0 Å². The second-order valence-electron chi connectivity index (χ2n) is 4.90. The highest BCUT2D eigenvalue weighted by molar-refractivity contribution is 7.90. The first kappa shape index (κ1) is 17.9. The number of carbonyl (C=O) groups is 2. The molecule has 0 saturated heterocycles. The largest absolute Gasteiger partial charge is 0.347 e. The molecule has 0 aliphatic heterocycles. The van der Waals surface area contributed by atoms with Crippen molar-refractivity contribution in [2.24, 2.45) is 0 Å². The second kappa shape index (κ2) is 7.41. The molecule has 1 aromatic carbocycles. The van der Waals surface area contributed by atoms with Crippen molar-refractivity contribution in [3.05, 3.63) is 58.8 Å². The van der Waals surface area contributed by atoms with Gasteiger partial charge in [-0.25, -0.2) is 8.42 Å². The summed E-state index contributed by atoms with van der Waals surface area (Å²) in [6.07, 6.45) is 2.24. The first-order chi connectivity index (χ1) is 11.3. The third kappa shape index (κ3) is 4.30. The van der Waals surface area contributed by atoms with E-state index < -0.39 is 21.7 Å². The topological polar surface area (TPSA) is 92.3 Å². The number of rotatable bonds is 6. The Hall–Kier alpha value is -2.45. The van der Waals surface area contributed by atoms with Gasteiger partial charge in [0.05, 0.1) is 22.7 Å². The summed E-state index contributed by atoms with van der Waals surface area (Å²) in [4.78, 5) is 24.6. The highest BCUT2D eigenvalue weighted by atomic mass is 32.2. The third-order valence-electron chi connectivity index (χ3n) is 3.13. The zero-order chi connectivity index (χ0) is 17.7. The lowest BCUT2D eigenvalue weighted by Gasteiger charge is -2.10. The van der Waals surface area contributed by atoms with Crippen LogP contribution >= 0.6 is 11.3 Å². The molecule has 2 rings (SSSR count). The summed E-state index contributed by atoms with van der Waals surface area (Å²) >= 11 is 1.26. The molecule has 126 valence electrons. The van der Waals surface area contributed by atoms with Crippen molar-refractivity contribution in [2.75, 3.05) is 11.6 Å². The molecule has 0 atom stereocenters. The van der Waals surface area contributed by atoms with Gasteiger partial charge < -0.3 is 10.6 Å². The van der Waals surface area contributed by atoms with Crippen LogP contribution in [0.1, 0.15) is 15.2 Å². The average molecular weight is 364 g/mol. The van der Waals surface area contributed by atoms with Crippen LogP contribution < -0.4 is 10.6 Å². The lowest BCUT2D eigenvalue weighted by atomic mass is 10.1. The van der Waals surface area contributed by atoms with E-state index in [0.29, 0.717) is 10.6 Å². The third-order valence-corrected chi connectivity index (χ3v) is 5.36. The van der Waals surface area contributed by atoms with Crippen molar-refractivity contribution in [3.8, 4) is 0 Å². The molecule has 0 saturated carbocycles. The maximum atomic E-state index is 12.4. The Bertz CT molecular complexity index is 885. The summed E-state index contributed by atoms with van der Waals surface area (Å²) in [5.74, 6) is -0.837. The lowest BCUT2D eigenvalue weighted by Crippen LogP contribution is -2.24. The van der Waals surface area contributed by atoms with Gasteiger partial charge >= 0.3 is 0 Å². The molecule has 2 N–H and O–H groups in total. The summed E-state index contributed by atoms with van der Waals surface area (Å²) < 4.78 is 23.4. The average Bonchev–Trinajstić information content (AvgIpc) is 3.02. The molecule has 1 aromatic heterocycles. The Balaban J connectivity index is 2.16. The smallest absolute Gasteiger partial charge is 0.253 e. The Morgan fingerprint density at radius 1 is 1.25 bits per heavy atom. The molecule has 2 aromatic rings. The molecule has 24 heavy (non-hydrogen) atoms. The standard InChI is InChI=1S/C16H16N2O4S2/c1-3-15(19)18-12-7-5-4-6-11(12)16(20)17-10-13-14(8-9-23-13)24(2,21)22/h3-9H,1,10H2,2H3,(H,17,20)(H,18,19). The van der Waals surface area contributed by atoms with Crippen molar-refractivity contribution in [1.29, 1.82) is 0 Å². The van der Waals surface area contributed by atoms with Crippen molar-refractivity contribution < 1.29 is 18.0 Å². The Morgan fingerprint density at radius 3 is 2.62 bits per heavy atom. The number of hydrogen-bond acceptors (Lipinski definition) is 5. The van der Waals surface area contributed by atoms with Crippen LogP contribution in [0.2, 0.25) is 0 Å². The minimum atomic E-state index is -3.34. The Morgan fingerprint density at radius 2 is 1.96 bits per heavy atom. The predicted molar refractivity (Wildman–Crippen MR) is 93.9 cm³/mol. The molecule has 1 heterocycles. The minimum absolute atomic E-state index is 0.0860. The Labute approximate surface area is 144 Å². The highest BCUT2D eigenvalue weighted by Crippen LogP contribution is 2.22. The van der Waals surface area contributed by atoms with Crippen molar-refractivity contribution in [3.63, 3.8) is 0 Å². The number of nitrogens with one attached hydrogen (secondary N) is 2. The van der Waals surface area contributed by atoms with Crippen molar-refractivity contribution >= 4 is 38.7 Å². The van der Waals surface area contributed by atoms with Crippen LogP contribution in [0.25, 0.3) is 0 Å². The van der Waals surface area contributed by atoms with Gasteiger partial charge in [-0.15, -0.1) is 11.3 Å². The SMILES string of the molecule is C=CC(=O)Nc1ccccc1C(=O)NCc1sccc1S(C)(=O)=O. The van der Waals surface area contributed by atoms with Crippen LogP contribution in [0.3, 0.4) is 0 Å². The number of carbonyl (C=O) groups excluding carboxylic acids is 2. The van der Waals surface area contributed by atoms with Gasteiger partial charge in [0, 0.05) is 11.1 Å². The van der Waals surface area contributed by atoms with Gasteiger partial charge in [-0.1, -0.05) is 18.7 Å². The van der Waals surface area contributed by atoms with E-state index in [4.69, 9.17) is 0 Å². The summed E-state index contributed by atoms with van der Waals surface area (Å²) in [6, 6.07) is 8.05. The molecule has 0 unspecified atom stereocenters. The van der Waals surface area contributed by atoms with E-state index in [1.165, 1.54) is 17.4 Å². The molecule has 6 nitrogen and oxygen atoms in total. The summed E-state index contributed by atoms with van der Waals surface area (Å²) in [6.45, 7) is 3.45. The van der Waals surface area contributed by atoms with Crippen LogP contribution in [0.15, 0.2) is 53.3 Å². The van der Waals surface area contributed by atoms with Crippen LogP contribution in [-0.4, -0.2) is 26.5 Å². The highest BCUT2D eigenvalue weighted by Gasteiger charge is 2.17. The van der Waals surface area contributed by atoms with E-state index >= 15 is 0 Å². The van der Waals surface area contributed by atoms with E-state index in [9.17, 15) is 18.0 Å². The van der Waals surface area contributed by atoms with Crippen LogP contribution in [0.4, 0.5) is 5.69 Å². The van der Waals surface area contributed by atoms with Crippen molar-refractivity contribution in [1.82, 2.24) is 5.32 Å². The monoisotopic (exact) mass is 364 g/mol. The van der Waals surface area contributed by atoms with Gasteiger partial charge in [-0.2, -0.15) is 0 Å². The quantitative estimate of drug-likeness (QED) is 0.769. The molecule has 0 spiro atoms. The number of anilines is 1. The van der Waals surface area contributed by atoms with Gasteiger partial charge in [-0.05, 0) is 29.7 Å². The fourth-order valence-corrected chi connectivity index (χ4v) is 4.21. The van der Waals surface area contributed by atoms with Crippen LogP contribution in [-0.2, 0) is 21.2 Å². The summed E-state index contributed by atoms with van der Waals surface area (Å²) in [5.41, 5.74) is 0.638. The van der Waals surface area contributed by atoms with Gasteiger partial charge in [0.15, 0.2) is 9.84 Å². The predicted octanol–water partition coefficient (Wildman–Crippen LogP) is 2.21. The number of amides is 2. The fourth-order valence-electron chi connectivity index (χ4n) is 2.02. The molecule has 8 heteroatoms. The number of hydrogen-bond donors (Lipinski definition) is 2. The normalized spacial score (nSPS) is 10.9. The number of benzene rings is 1. The molecule has 0 fully saturated rings. The van der Waals surface area contributed by atoms with Gasteiger partial charge in [0.2, 0.25) is 5.91 Å². The first-order valence-electron chi connectivity index (χ1n) is 6.90. The van der Waals surface area contributed by atoms with E-state index in [-0.39, 0.29) is 17.0 Å². The number of para-hydroxylation sites is 1. The van der Waals surface area contributed by atoms with Gasteiger partial charge in [0.1, 0.15) is 0 Å². The molecule has 2 amide bonds. The van der Waals surface area contributed by atoms with Crippen molar-refractivity contribution in [2.45, 2.75) is 11.4 Å². The summed E-state index contributed by atoms with van der Waals surface area (Å²) in [7, 11) is -3.34. The van der Waals surface area contributed by atoms with E-state index in [2.05, 4.69) is 17.2 Å². The maximum absolute atomic E-state index is 12.4.